The molecule has 2 heterocycles. The van der Waals surface area contributed by atoms with Gasteiger partial charge in [-0.3, -0.25) is 0 Å². The van der Waals surface area contributed by atoms with Crippen LogP contribution in [-0.2, 0) is 9.84 Å². The molecule has 0 aliphatic carbocycles. The molecular formula is C17H12N2O3S2. The van der Waals surface area contributed by atoms with E-state index in [9.17, 15) is 8.42 Å². The van der Waals surface area contributed by atoms with Crippen molar-refractivity contribution < 1.29 is 12.8 Å². The van der Waals surface area contributed by atoms with Crippen molar-refractivity contribution in [2.45, 2.75) is 16.2 Å². The molecule has 0 aliphatic heterocycles. The summed E-state index contributed by atoms with van der Waals surface area (Å²) in [4.78, 5) is 4.45. The van der Waals surface area contributed by atoms with Crippen LogP contribution in [0, 0.1) is 6.92 Å². The second-order valence-electron chi connectivity index (χ2n) is 5.37. The zero-order valence-corrected chi connectivity index (χ0v) is 14.3. The highest BCUT2D eigenvalue weighted by atomic mass is 32.2. The maximum absolute atomic E-state index is 12.7. The molecule has 24 heavy (non-hydrogen) atoms. The summed E-state index contributed by atoms with van der Waals surface area (Å²) in [6.45, 7) is 1.91. The van der Waals surface area contributed by atoms with E-state index < -0.39 is 9.84 Å². The summed E-state index contributed by atoms with van der Waals surface area (Å²) >= 11 is 0.885. The van der Waals surface area contributed by atoms with Gasteiger partial charge in [-0.05, 0) is 54.9 Å². The van der Waals surface area contributed by atoms with Gasteiger partial charge in [-0.25, -0.2) is 13.4 Å². The number of hydrogen-bond acceptors (Lipinski definition) is 6. The monoisotopic (exact) mass is 356 g/mol. The van der Waals surface area contributed by atoms with Crippen LogP contribution in [0.4, 0.5) is 0 Å². The predicted octanol–water partition coefficient (Wildman–Crippen LogP) is 4.09. The van der Waals surface area contributed by atoms with Crippen molar-refractivity contribution >= 4 is 32.3 Å². The van der Waals surface area contributed by atoms with E-state index in [0.717, 1.165) is 33.6 Å². The number of aryl methyl sites for hydroxylation is 1. The van der Waals surface area contributed by atoms with Crippen LogP contribution in [0.1, 0.15) is 5.56 Å². The third-order valence-electron chi connectivity index (χ3n) is 3.68. The van der Waals surface area contributed by atoms with Crippen LogP contribution in [-0.4, -0.2) is 17.8 Å². The number of sulfone groups is 1. The SMILES string of the molecule is Cc1ccc(S(=O)(=O)c2nc(-c3ccc4occc4c3)ns2)cc1. The van der Waals surface area contributed by atoms with Crippen molar-refractivity contribution in [2.24, 2.45) is 0 Å². The lowest BCUT2D eigenvalue weighted by atomic mass is 10.1. The zero-order chi connectivity index (χ0) is 16.7. The van der Waals surface area contributed by atoms with E-state index in [1.165, 1.54) is 0 Å². The number of rotatable bonds is 3. The summed E-state index contributed by atoms with van der Waals surface area (Å²) in [7, 11) is -3.65. The summed E-state index contributed by atoms with van der Waals surface area (Å²) < 4.78 is 34.8. The summed E-state index contributed by atoms with van der Waals surface area (Å²) in [5, 5.41) is 0.922. The van der Waals surface area contributed by atoms with Gasteiger partial charge in [0.25, 0.3) is 0 Å². The van der Waals surface area contributed by atoms with E-state index >= 15 is 0 Å². The molecule has 5 nitrogen and oxygen atoms in total. The molecule has 0 radical (unpaired) electrons. The quantitative estimate of drug-likeness (QED) is 0.553. The Bertz CT molecular complexity index is 1130. The topological polar surface area (TPSA) is 73.1 Å². The smallest absolute Gasteiger partial charge is 0.235 e. The van der Waals surface area contributed by atoms with Gasteiger partial charge in [0, 0.05) is 10.9 Å². The van der Waals surface area contributed by atoms with Crippen LogP contribution >= 0.6 is 11.5 Å². The van der Waals surface area contributed by atoms with Crippen molar-refractivity contribution in [3.05, 3.63) is 60.4 Å². The maximum Gasteiger partial charge on any atom is 0.235 e. The minimum Gasteiger partial charge on any atom is -0.464 e. The summed E-state index contributed by atoms with van der Waals surface area (Å²) in [6, 6.07) is 14.1. The normalized spacial score (nSPS) is 11.9. The molecule has 0 fully saturated rings. The lowest BCUT2D eigenvalue weighted by molar-refractivity contribution is 0.595. The van der Waals surface area contributed by atoms with E-state index in [1.807, 2.05) is 31.2 Å². The Morgan fingerprint density at radius 2 is 1.83 bits per heavy atom. The second kappa shape index (κ2) is 5.54. The molecule has 0 atom stereocenters. The Hall–Kier alpha value is -2.51. The Morgan fingerprint density at radius 1 is 1.04 bits per heavy atom. The fraction of sp³-hybridized carbons (Fsp3) is 0.0588. The number of nitrogens with zero attached hydrogens (tertiary/aromatic N) is 2. The third kappa shape index (κ3) is 2.51. The summed E-state index contributed by atoms with van der Waals surface area (Å²) in [5.41, 5.74) is 2.52. The van der Waals surface area contributed by atoms with E-state index in [0.29, 0.717) is 5.82 Å². The van der Waals surface area contributed by atoms with Crippen LogP contribution in [0.3, 0.4) is 0 Å². The van der Waals surface area contributed by atoms with Crippen LogP contribution in [0.5, 0.6) is 0 Å². The molecule has 4 aromatic rings. The van der Waals surface area contributed by atoms with Gasteiger partial charge in [0.2, 0.25) is 14.2 Å². The zero-order valence-electron chi connectivity index (χ0n) is 12.6. The Balaban J connectivity index is 1.75. The van der Waals surface area contributed by atoms with Gasteiger partial charge in [0.05, 0.1) is 11.2 Å². The highest BCUT2D eigenvalue weighted by Gasteiger charge is 2.23. The summed E-state index contributed by atoms with van der Waals surface area (Å²) in [6.07, 6.45) is 1.61. The lowest BCUT2D eigenvalue weighted by Crippen LogP contribution is -2.01. The van der Waals surface area contributed by atoms with E-state index in [2.05, 4.69) is 9.36 Å². The molecule has 0 saturated carbocycles. The molecule has 0 unspecified atom stereocenters. The first-order valence-corrected chi connectivity index (χ1v) is 9.43. The molecule has 0 spiro atoms. The molecule has 7 heteroatoms. The first kappa shape index (κ1) is 15.0. The second-order valence-corrected chi connectivity index (χ2v) is 8.25. The van der Waals surface area contributed by atoms with Crippen molar-refractivity contribution in [2.75, 3.05) is 0 Å². The Morgan fingerprint density at radius 3 is 2.62 bits per heavy atom. The first-order valence-electron chi connectivity index (χ1n) is 7.17. The van der Waals surface area contributed by atoms with E-state index in [4.69, 9.17) is 4.42 Å². The van der Waals surface area contributed by atoms with Gasteiger partial charge >= 0.3 is 0 Å². The molecular weight excluding hydrogens is 344 g/mol. The van der Waals surface area contributed by atoms with Gasteiger partial charge in [-0.15, -0.1) is 0 Å². The average Bonchev–Trinajstić information content (AvgIpc) is 3.24. The van der Waals surface area contributed by atoms with Crippen molar-refractivity contribution in [3.8, 4) is 11.4 Å². The van der Waals surface area contributed by atoms with Gasteiger partial charge in [-0.2, -0.15) is 4.37 Å². The summed E-state index contributed by atoms with van der Waals surface area (Å²) in [5.74, 6) is 0.397. The minimum atomic E-state index is -3.65. The molecule has 0 N–H and O–H groups in total. The van der Waals surface area contributed by atoms with E-state index in [-0.39, 0.29) is 9.24 Å². The number of benzene rings is 2. The molecule has 0 aliphatic rings. The fourth-order valence-electron chi connectivity index (χ4n) is 2.36. The predicted molar refractivity (Wildman–Crippen MR) is 91.7 cm³/mol. The van der Waals surface area contributed by atoms with Gasteiger partial charge in [-0.1, -0.05) is 17.7 Å². The van der Waals surface area contributed by atoms with Crippen LogP contribution in [0.15, 0.2) is 68.4 Å². The van der Waals surface area contributed by atoms with Crippen molar-refractivity contribution in [1.29, 1.82) is 0 Å². The van der Waals surface area contributed by atoms with E-state index in [1.54, 1.807) is 30.5 Å². The van der Waals surface area contributed by atoms with Gasteiger partial charge in [0.15, 0.2) is 5.82 Å². The molecule has 2 aromatic heterocycles. The standard InChI is InChI=1S/C17H12N2O3S2/c1-11-2-5-14(6-3-11)24(20,21)17-18-16(19-23-17)13-4-7-15-12(10-13)8-9-22-15/h2-10H,1H3. The lowest BCUT2D eigenvalue weighted by Gasteiger charge is -2.00. The van der Waals surface area contributed by atoms with Crippen molar-refractivity contribution in [3.63, 3.8) is 0 Å². The number of hydrogen-bond donors (Lipinski definition) is 0. The number of furan rings is 1. The van der Waals surface area contributed by atoms with Gasteiger partial charge < -0.3 is 4.42 Å². The highest BCUT2D eigenvalue weighted by molar-refractivity contribution is 7.93. The molecule has 0 bridgehead atoms. The molecule has 120 valence electrons. The highest BCUT2D eigenvalue weighted by Crippen LogP contribution is 2.28. The van der Waals surface area contributed by atoms with Crippen LogP contribution < -0.4 is 0 Å². The largest absolute Gasteiger partial charge is 0.464 e. The first-order chi connectivity index (χ1) is 11.5. The Kier molecular flexibility index (Phi) is 3.47. The number of aromatic nitrogens is 2. The van der Waals surface area contributed by atoms with Gasteiger partial charge in [0.1, 0.15) is 5.58 Å². The molecule has 0 amide bonds. The molecule has 0 saturated heterocycles. The fourth-order valence-corrected chi connectivity index (χ4v) is 4.49. The molecule has 2 aromatic carbocycles. The third-order valence-corrected chi connectivity index (χ3v) is 6.52. The van der Waals surface area contributed by atoms with Crippen molar-refractivity contribution in [1.82, 2.24) is 9.36 Å². The number of fused-ring (bicyclic) bond motifs is 1. The average molecular weight is 356 g/mol. The van der Waals surface area contributed by atoms with Crippen LogP contribution in [0.2, 0.25) is 0 Å². The molecule has 4 rings (SSSR count). The maximum atomic E-state index is 12.7. The Labute approximate surface area is 142 Å². The minimum absolute atomic E-state index is 0.00589. The van der Waals surface area contributed by atoms with Crippen LogP contribution in [0.25, 0.3) is 22.4 Å².